The van der Waals surface area contributed by atoms with Crippen LogP contribution < -0.4 is 11.1 Å². The van der Waals surface area contributed by atoms with Crippen molar-refractivity contribution in [2.75, 3.05) is 13.1 Å². The normalized spacial score (nSPS) is 18.1. The summed E-state index contributed by atoms with van der Waals surface area (Å²) < 4.78 is 0. The fraction of sp³-hybridized carbons (Fsp3) is 0.417. The zero-order chi connectivity index (χ0) is 20.8. The predicted octanol–water partition coefficient (Wildman–Crippen LogP) is 3.86. The number of aryl methyl sites for hydroxylation is 1. The standard InChI is InChI=1S/C24H31N3O2.ClH/c1-17-10-12-20(13-11-17)24(29)26-22(19-7-4-3-5-8-19)15-23(28)27-14-6-9-21(16-27)18(2)25;/h3-5,7-8,10-13,18,21-22H,6,9,14-16,25H2,1-2H3,(H,26,29);1H. The molecule has 0 spiro atoms. The summed E-state index contributed by atoms with van der Waals surface area (Å²) in [7, 11) is 0. The van der Waals surface area contributed by atoms with Crippen LogP contribution in [0.25, 0.3) is 0 Å². The molecule has 2 amide bonds. The highest BCUT2D eigenvalue weighted by Gasteiger charge is 2.28. The van der Waals surface area contributed by atoms with Crippen molar-refractivity contribution < 1.29 is 9.59 Å². The Labute approximate surface area is 185 Å². The van der Waals surface area contributed by atoms with E-state index < -0.39 is 0 Å². The molecule has 30 heavy (non-hydrogen) atoms. The van der Waals surface area contributed by atoms with Gasteiger partial charge < -0.3 is 16.0 Å². The van der Waals surface area contributed by atoms with Gasteiger partial charge in [-0.25, -0.2) is 0 Å². The van der Waals surface area contributed by atoms with Crippen molar-refractivity contribution in [3.63, 3.8) is 0 Å². The Balaban J connectivity index is 0.00000320. The van der Waals surface area contributed by atoms with Crippen LogP contribution in [0, 0.1) is 12.8 Å². The van der Waals surface area contributed by atoms with E-state index in [2.05, 4.69) is 5.32 Å². The molecule has 0 aliphatic carbocycles. The Morgan fingerprint density at radius 1 is 1.13 bits per heavy atom. The average molecular weight is 430 g/mol. The maximum atomic E-state index is 13.0. The molecule has 3 atom stereocenters. The van der Waals surface area contributed by atoms with E-state index in [0.717, 1.165) is 30.5 Å². The first kappa shape index (κ1) is 23.9. The number of likely N-dealkylation sites (tertiary alicyclic amines) is 1. The predicted molar refractivity (Wildman–Crippen MR) is 123 cm³/mol. The summed E-state index contributed by atoms with van der Waals surface area (Å²) in [6.07, 6.45) is 2.28. The van der Waals surface area contributed by atoms with E-state index in [1.165, 1.54) is 0 Å². The number of nitrogens with zero attached hydrogens (tertiary/aromatic N) is 1. The van der Waals surface area contributed by atoms with Gasteiger partial charge in [-0.3, -0.25) is 9.59 Å². The maximum Gasteiger partial charge on any atom is 0.251 e. The number of hydrogen-bond acceptors (Lipinski definition) is 3. The fourth-order valence-corrected chi connectivity index (χ4v) is 3.85. The van der Waals surface area contributed by atoms with Gasteiger partial charge in [0.25, 0.3) is 5.91 Å². The number of hydrogen-bond donors (Lipinski definition) is 2. The van der Waals surface area contributed by atoms with Crippen molar-refractivity contribution in [2.45, 2.75) is 45.2 Å². The van der Waals surface area contributed by atoms with Gasteiger partial charge in [0.1, 0.15) is 0 Å². The molecule has 1 saturated heterocycles. The number of piperidine rings is 1. The van der Waals surface area contributed by atoms with Crippen molar-refractivity contribution >= 4 is 24.2 Å². The minimum Gasteiger partial charge on any atom is -0.345 e. The summed E-state index contributed by atoms with van der Waals surface area (Å²) in [6.45, 7) is 5.45. The average Bonchev–Trinajstić information content (AvgIpc) is 2.74. The van der Waals surface area contributed by atoms with E-state index in [0.29, 0.717) is 18.0 Å². The lowest BCUT2D eigenvalue weighted by molar-refractivity contribution is -0.133. The van der Waals surface area contributed by atoms with E-state index in [-0.39, 0.29) is 42.7 Å². The zero-order valence-corrected chi connectivity index (χ0v) is 18.5. The van der Waals surface area contributed by atoms with Gasteiger partial charge in [0.15, 0.2) is 0 Å². The summed E-state index contributed by atoms with van der Waals surface area (Å²) in [6, 6.07) is 16.9. The summed E-state index contributed by atoms with van der Waals surface area (Å²) in [4.78, 5) is 27.7. The second kappa shape index (κ2) is 11.1. The molecule has 0 aromatic heterocycles. The molecule has 0 saturated carbocycles. The topological polar surface area (TPSA) is 75.4 Å². The number of amides is 2. The highest BCUT2D eigenvalue weighted by molar-refractivity contribution is 5.94. The third-order valence-corrected chi connectivity index (χ3v) is 5.75. The largest absolute Gasteiger partial charge is 0.345 e. The molecule has 0 bridgehead atoms. The van der Waals surface area contributed by atoms with Crippen LogP contribution in [0.15, 0.2) is 54.6 Å². The van der Waals surface area contributed by atoms with Gasteiger partial charge in [-0.2, -0.15) is 0 Å². The van der Waals surface area contributed by atoms with Gasteiger partial charge in [0.2, 0.25) is 5.91 Å². The molecule has 1 aliphatic rings. The highest BCUT2D eigenvalue weighted by atomic mass is 35.5. The van der Waals surface area contributed by atoms with Crippen LogP contribution in [0.1, 0.15) is 53.7 Å². The maximum absolute atomic E-state index is 13.0. The zero-order valence-electron chi connectivity index (χ0n) is 17.7. The van der Waals surface area contributed by atoms with Crippen molar-refractivity contribution in [3.05, 3.63) is 71.3 Å². The first-order chi connectivity index (χ1) is 13.9. The molecule has 6 heteroatoms. The number of nitrogens with two attached hydrogens (primary N) is 1. The second-order valence-corrected chi connectivity index (χ2v) is 8.11. The molecular weight excluding hydrogens is 398 g/mol. The Bertz CT molecular complexity index is 824. The number of carbonyl (C=O) groups is 2. The molecular formula is C24H32ClN3O2. The Hall–Kier alpha value is -2.37. The molecule has 1 fully saturated rings. The van der Waals surface area contributed by atoms with Gasteiger partial charge in [-0.1, -0.05) is 48.0 Å². The van der Waals surface area contributed by atoms with Crippen LogP contribution in [-0.4, -0.2) is 35.8 Å². The first-order valence-electron chi connectivity index (χ1n) is 10.4. The van der Waals surface area contributed by atoms with Crippen LogP contribution in [-0.2, 0) is 4.79 Å². The number of rotatable bonds is 6. The SMILES string of the molecule is Cc1ccc(C(=O)NC(CC(=O)N2CCCC(C(C)N)C2)c2ccccc2)cc1.Cl. The van der Waals surface area contributed by atoms with Crippen molar-refractivity contribution in [3.8, 4) is 0 Å². The van der Waals surface area contributed by atoms with Gasteiger partial charge in [-0.15, -0.1) is 12.4 Å². The summed E-state index contributed by atoms with van der Waals surface area (Å²) in [5, 5.41) is 3.06. The van der Waals surface area contributed by atoms with Crippen LogP contribution in [0.5, 0.6) is 0 Å². The molecule has 1 heterocycles. The molecule has 2 aromatic carbocycles. The summed E-state index contributed by atoms with van der Waals surface area (Å²) >= 11 is 0. The number of carbonyl (C=O) groups excluding carboxylic acids is 2. The minimum atomic E-state index is -0.367. The smallest absolute Gasteiger partial charge is 0.251 e. The van der Waals surface area contributed by atoms with Crippen molar-refractivity contribution in [1.29, 1.82) is 0 Å². The van der Waals surface area contributed by atoms with E-state index in [1.807, 2.05) is 73.3 Å². The molecule has 0 radical (unpaired) electrons. The lowest BCUT2D eigenvalue weighted by Gasteiger charge is -2.35. The third-order valence-electron chi connectivity index (χ3n) is 5.75. The Morgan fingerprint density at radius 3 is 2.43 bits per heavy atom. The van der Waals surface area contributed by atoms with E-state index in [1.54, 1.807) is 0 Å². The van der Waals surface area contributed by atoms with E-state index in [4.69, 9.17) is 5.73 Å². The monoisotopic (exact) mass is 429 g/mol. The van der Waals surface area contributed by atoms with E-state index in [9.17, 15) is 9.59 Å². The molecule has 162 valence electrons. The van der Waals surface area contributed by atoms with Gasteiger partial charge in [0, 0.05) is 24.7 Å². The van der Waals surface area contributed by atoms with Crippen molar-refractivity contribution in [2.24, 2.45) is 11.7 Å². The molecule has 3 N–H and O–H groups in total. The Kier molecular flexibility index (Phi) is 8.88. The first-order valence-corrected chi connectivity index (χ1v) is 10.4. The summed E-state index contributed by atoms with van der Waals surface area (Å²) in [5.41, 5.74) is 8.70. The lowest BCUT2D eigenvalue weighted by atomic mass is 9.91. The molecule has 5 nitrogen and oxygen atoms in total. The van der Waals surface area contributed by atoms with Crippen LogP contribution in [0.4, 0.5) is 0 Å². The van der Waals surface area contributed by atoms with Crippen molar-refractivity contribution in [1.82, 2.24) is 10.2 Å². The van der Waals surface area contributed by atoms with Crippen LogP contribution in [0.3, 0.4) is 0 Å². The Morgan fingerprint density at radius 2 is 1.80 bits per heavy atom. The van der Waals surface area contributed by atoms with E-state index >= 15 is 0 Å². The highest BCUT2D eigenvalue weighted by Crippen LogP contribution is 2.23. The van der Waals surface area contributed by atoms with Crippen LogP contribution in [0.2, 0.25) is 0 Å². The summed E-state index contributed by atoms with van der Waals surface area (Å²) in [5.74, 6) is 0.234. The molecule has 3 rings (SSSR count). The number of benzene rings is 2. The number of nitrogens with one attached hydrogen (secondary N) is 1. The van der Waals surface area contributed by atoms with Gasteiger partial charge in [-0.05, 0) is 50.3 Å². The second-order valence-electron chi connectivity index (χ2n) is 8.11. The van der Waals surface area contributed by atoms with Gasteiger partial charge in [0.05, 0.1) is 12.5 Å². The fourth-order valence-electron chi connectivity index (χ4n) is 3.85. The van der Waals surface area contributed by atoms with Gasteiger partial charge >= 0.3 is 0 Å². The minimum absolute atomic E-state index is 0. The van der Waals surface area contributed by atoms with Crippen LogP contribution >= 0.6 is 12.4 Å². The lowest BCUT2D eigenvalue weighted by Crippen LogP contribution is -2.46. The number of halogens is 1. The quantitative estimate of drug-likeness (QED) is 0.731. The third kappa shape index (κ3) is 6.31. The molecule has 2 aromatic rings. The molecule has 1 aliphatic heterocycles. The molecule has 3 unspecified atom stereocenters.